The Morgan fingerprint density at radius 3 is 2.58 bits per heavy atom. The lowest BCUT2D eigenvalue weighted by Gasteiger charge is -2.08. The molecule has 1 heterocycles. The summed E-state index contributed by atoms with van der Waals surface area (Å²) in [6.45, 7) is 1.89. The smallest absolute Gasteiger partial charge is 0.409 e. The number of hydrogen-bond donors (Lipinski definition) is 4. The van der Waals surface area contributed by atoms with Crippen molar-refractivity contribution in [3.05, 3.63) is 54.1 Å². The molecular formula is C17H17N5O2. The molecule has 0 atom stereocenters. The second kappa shape index (κ2) is 6.33. The van der Waals surface area contributed by atoms with Gasteiger partial charge in [-0.2, -0.15) is 5.10 Å². The van der Waals surface area contributed by atoms with Crippen LogP contribution in [0, 0.1) is 6.92 Å². The molecule has 0 unspecified atom stereocenters. The molecule has 1 amide bonds. The van der Waals surface area contributed by atoms with Crippen LogP contribution in [0.3, 0.4) is 0 Å². The SMILES string of the molecule is Cc1cc(OC(N)=O)ccc1Nc1cc(-c2ccc(N)cc2)[nH]n1. The Bertz CT molecular complexity index is 871. The Morgan fingerprint density at radius 1 is 1.17 bits per heavy atom. The van der Waals surface area contributed by atoms with Gasteiger partial charge in [-0.1, -0.05) is 12.1 Å². The van der Waals surface area contributed by atoms with Gasteiger partial charge in [-0.15, -0.1) is 0 Å². The molecule has 6 N–H and O–H groups in total. The molecule has 0 saturated carbocycles. The fourth-order valence-corrected chi connectivity index (χ4v) is 2.29. The van der Waals surface area contributed by atoms with Crippen molar-refractivity contribution in [2.75, 3.05) is 11.1 Å². The zero-order chi connectivity index (χ0) is 17.1. The quantitative estimate of drug-likeness (QED) is 0.550. The largest absolute Gasteiger partial charge is 0.410 e. The number of benzene rings is 2. The molecule has 3 aromatic rings. The van der Waals surface area contributed by atoms with Crippen LogP contribution in [0.25, 0.3) is 11.3 Å². The summed E-state index contributed by atoms with van der Waals surface area (Å²) < 4.78 is 4.85. The van der Waals surface area contributed by atoms with E-state index in [1.807, 2.05) is 37.3 Å². The van der Waals surface area contributed by atoms with Crippen LogP contribution in [0.1, 0.15) is 5.56 Å². The number of ether oxygens (including phenoxy) is 1. The van der Waals surface area contributed by atoms with Crippen molar-refractivity contribution in [2.45, 2.75) is 6.92 Å². The van der Waals surface area contributed by atoms with Crippen molar-refractivity contribution < 1.29 is 9.53 Å². The summed E-state index contributed by atoms with van der Waals surface area (Å²) in [7, 11) is 0. The Morgan fingerprint density at radius 2 is 1.92 bits per heavy atom. The van der Waals surface area contributed by atoms with Crippen molar-refractivity contribution >= 4 is 23.3 Å². The van der Waals surface area contributed by atoms with Gasteiger partial charge in [-0.3, -0.25) is 5.10 Å². The van der Waals surface area contributed by atoms with Crippen LogP contribution in [0.5, 0.6) is 5.75 Å². The predicted octanol–water partition coefficient (Wildman–Crippen LogP) is 3.17. The number of rotatable bonds is 4. The first-order valence-corrected chi connectivity index (χ1v) is 7.27. The van der Waals surface area contributed by atoms with E-state index in [1.54, 1.807) is 18.2 Å². The minimum absolute atomic E-state index is 0.398. The van der Waals surface area contributed by atoms with Gasteiger partial charge in [0, 0.05) is 17.4 Å². The molecule has 7 nitrogen and oxygen atoms in total. The van der Waals surface area contributed by atoms with E-state index in [1.165, 1.54) is 0 Å². The number of aromatic amines is 1. The number of nitrogens with one attached hydrogen (secondary N) is 2. The van der Waals surface area contributed by atoms with Crippen molar-refractivity contribution in [1.29, 1.82) is 0 Å². The topological polar surface area (TPSA) is 119 Å². The summed E-state index contributed by atoms with van der Waals surface area (Å²) in [6, 6.07) is 14.6. The van der Waals surface area contributed by atoms with Gasteiger partial charge in [-0.25, -0.2) is 4.79 Å². The lowest BCUT2D eigenvalue weighted by molar-refractivity contribution is 0.211. The first kappa shape index (κ1) is 15.4. The van der Waals surface area contributed by atoms with Crippen LogP contribution in [0.15, 0.2) is 48.5 Å². The zero-order valence-electron chi connectivity index (χ0n) is 13.0. The molecule has 1 aromatic heterocycles. The summed E-state index contributed by atoms with van der Waals surface area (Å²) >= 11 is 0. The lowest BCUT2D eigenvalue weighted by atomic mass is 10.1. The Labute approximate surface area is 138 Å². The number of anilines is 3. The number of primary amides is 1. The van der Waals surface area contributed by atoms with E-state index in [0.29, 0.717) is 17.3 Å². The van der Waals surface area contributed by atoms with Gasteiger partial charge in [0.1, 0.15) is 5.75 Å². The second-order valence-corrected chi connectivity index (χ2v) is 5.31. The number of hydrogen-bond acceptors (Lipinski definition) is 5. The van der Waals surface area contributed by atoms with Crippen LogP contribution < -0.4 is 21.5 Å². The van der Waals surface area contributed by atoms with Gasteiger partial charge in [0.2, 0.25) is 0 Å². The van der Waals surface area contributed by atoms with Crippen molar-refractivity contribution in [3.63, 3.8) is 0 Å². The zero-order valence-corrected chi connectivity index (χ0v) is 13.0. The third-order valence-electron chi connectivity index (χ3n) is 3.48. The fraction of sp³-hybridized carbons (Fsp3) is 0.0588. The molecule has 0 aliphatic carbocycles. The molecule has 7 heteroatoms. The fourth-order valence-electron chi connectivity index (χ4n) is 2.29. The Hall–Kier alpha value is -3.48. The summed E-state index contributed by atoms with van der Waals surface area (Å²) in [4.78, 5) is 10.8. The van der Waals surface area contributed by atoms with Gasteiger partial charge in [-0.05, 0) is 48.4 Å². The first-order chi connectivity index (χ1) is 11.5. The van der Waals surface area contributed by atoms with Gasteiger partial charge >= 0.3 is 6.09 Å². The molecule has 2 aromatic carbocycles. The standard InChI is InChI=1S/C17H17N5O2/c1-10-8-13(24-17(19)23)6-7-14(10)20-16-9-15(21-22-16)11-2-4-12(18)5-3-11/h2-9H,18H2,1H3,(H2,19,23)(H2,20,21,22). The summed E-state index contributed by atoms with van der Waals surface area (Å²) in [5.74, 6) is 1.07. The molecule has 24 heavy (non-hydrogen) atoms. The summed E-state index contributed by atoms with van der Waals surface area (Å²) in [6.07, 6.45) is -0.837. The molecule has 0 bridgehead atoms. The number of H-pyrrole nitrogens is 1. The number of nitrogen functional groups attached to an aromatic ring is 1. The van der Waals surface area contributed by atoms with E-state index in [-0.39, 0.29) is 0 Å². The highest BCUT2D eigenvalue weighted by Gasteiger charge is 2.07. The van der Waals surface area contributed by atoms with E-state index < -0.39 is 6.09 Å². The average molecular weight is 323 g/mol. The number of carbonyl (C=O) groups is 1. The average Bonchev–Trinajstić information content (AvgIpc) is 2.99. The van der Waals surface area contributed by atoms with E-state index in [0.717, 1.165) is 22.5 Å². The summed E-state index contributed by atoms with van der Waals surface area (Å²) in [5, 5.41) is 10.4. The van der Waals surface area contributed by atoms with Gasteiger partial charge in [0.25, 0.3) is 0 Å². The maximum absolute atomic E-state index is 10.8. The van der Waals surface area contributed by atoms with Crippen molar-refractivity contribution in [1.82, 2.24) is 10.2 Å². The molecule has 0 saturated heterocycles. The third-order valence-corrected chi connectivity index (χ3v) is 3.48. The number of aromatic nitrogens is 2. The Kier molecular flexibility index (Phi) is 4.07. The number of carbonyl (C=O) groups excluding carboxylic acids is 1. The molecule has 0 aliphatic heterocycles. The van der Waals surface area contributed by atoms with Crippen molar-refractivity contribution in [2.24, 2.45) is 5.73 Å². The summed E-state index contributed by atoms with van der Waals surface area (Å²) in [5.41, 5.74) is 15.0. The number of amides is 1. The molecule has 0 fully saturated rings. The van der Waals surface area contributed by atoms with Crippen LogP contribution >= 0.6 is 0 Å². The molecule has 0 aliphatic rings. The maximum Gasteiger partial charge on any atom is 0.409 e. The van der Waals surface area contributed by atoms with E-state index >= 15 is 0 Å². The second-order valence-electron chi connectivity index (χ2n) is 5.31. The number of nitrogens with zero attached hydrogens (tertiary/aromatic N) is 1. The highest BCUT2D eigenvalue weighted by molar-refractivity contribution is 5.71. The predicted molar refractivity (Wildman–Crippen MR) is 93.1 cm³/mol. The number of aryl methyl sites for hydroxylation is 1. The normalized spacial score (nSPS) is 10.4. The van der Waals surface area contributed by atoms with Crippen LogP contribution in [-0.2, 0) is 0 Å². The third kappa shape index (κ3) is 3.46. The van der Waals surface area contributed by atoms with Crippen molar-refractivity contribution in [3.8, 4) is 17.0 Å². The van der Waals surface area contributed by atoms with Gasteiger partial charge in [0.05, 0.1) is 5.69 Å². The van der Waals surface area contributed by atoms with Gasteiger partial charge in [0.15, 0.2) is 5.82 Å². The maximum atomic E-state index is 10.8. The minimum atomic E-state index is -0.837. The highest BCUT2D eigenvalue weighted by Crippen LogP contribution is 2.26. The molecule has 0 radical (unpaired) electrons. The first-order valence-electron chi connectivity index (χ1n) is 7.27. The molecular weight excluding hydrogens is 306 g/mol. The van der Waals surface area contributed by atoms with Crippen LogP contribution in [-0.4, -0.2) is 16.3 Å². The highest BCUT2D eigenvalue weighted by atomic mass is 16.5. The van der Waals surface area contributed by atoms with E-state index in [9.17, 15) is 4.79 Å². The molecule has 0 spiro atoms. The molecule has 122 valence electrons. The van der Waals surface area contributed by atoms with E-state index in [2.05, 4.69) is 15.5 Å². The Balaban J connectivity index is 1.77. The van der Waals surface area contributed by atoms with Gasteiger partial charge < -0.3 is 21.5 Å². The number of nitrogens with two attached hydrogens (primary N) is 2. The molecule has 3 rings (SSSR count). The van der Waals surface area contributed by atoms with Crippen LogP contribution in [0.2, 0.25) is 0 Å². The minimum Gasteiger partial charge on any atom is -0.410 e. The van der Waals surface area contributed by atoms with E-state index in [4.69, 9.17) is 16.2 Å². The van der Waals surface area contributed by atoms with Crippen LogP contribution in [0.4, 0.5) is 22.0 Å². The lowest BCUT2D eigenvalue weighted by Crippen LogP contribution is -2.16. The monoisotopic (exact) mass is 323 g/mol.